The zero-order chi connectivity index (χ0) is 9.84. The number of benzene rings is 1. The largest absolute Gasteiger partial charge is 0.366 e. The number of halogens is 2. The highest BCUT2D eigenvalue weighted by atomic mass is 79.9. The highest BCUT2D eigenvalue weighted by Gasteiger charge is 1.98. The molecule has 0 fully saturated rings. The van der Waals surface area contributed by atoms with Gasteiger partial charge in [-0.15, -0.1) is 0 Å². The highest BCUT2D eigenvalue weighted by molar-refractivity contribution is 9.10. The molecule has 1 aromatic rings. The molecule has 1 rings (SSSR count). The van der Waals surface area contributed by atoms with E-state index in [4.69, 9.17) is 5.73 Å². The summed E-state index contributed by atoms with van der Waals surface area (Å²) in [5, 5.41) is 0. The molecule has 0 atom stereocenters. The second-order valence-electron chi connectivity index (χ2n) is 2.40. The van der Waals surface area contributed by atoms with Crippen LogP contribution in [0.4, 0.5) is 4.39 Å². The quantitative estimate of drug-likeness (QED) is 0.795. The molecule has 68 valence electrons. The van der Waals surface area contributed by atoms with Gasteiger partial charge in [0.25, 0.3) is 0 Å². The van der Waals surface area contributed by atoms with Gasteiger partial charge >= 0.3 is 0 Å². The SMILES string of the molecule is NC(=O)/C=C/c1ccc(Br)cc1F. The summed E-state index contributed by atoms with van der Waals surface area (Å²) < 4.78 is 13.7. The lowest BCUT2D eigenvalue weighted by molar-refractivity contribution is -0.113. The Kier molecular flexibility index (Phi) is 3.19. The molecule has 4 heteroatoms. The normalized spacial score (nSPS) is 10.6. The van der Waals surface area contributed by atoms with Crippen LogP contribution in [0.5, 0.6) is 0 Å². The third kappa shape index (κ3) is 2.99. The minimum Gasteiger partial charge on any atom is -0.366 e. The number of carbonyl (C=O) groups is 1. The number of amides is 1. The van der Waals surface area contributed by atoms with Gasteiger partial charge in [0.2, 0.25) is 5.91 Å². The van der Waals surface area contributed by atoms with Gasteiger partial charge in [0, 0.05) is 16.1 Å². The molecule has 0 aromatic heterocycles. The molecule has 0 unspecified atom stereocenters. The van der Waals surface area contributed by atoms with E-state index in [1.165, 1.54) is 12.1 Å². The Morgan fingerprint density at radius 2 is 2.23 bits per heavy atom. The summed E-state index contributed by atoms with van der Waals surface area (Å²) in [5.74, 6) is -0.991. The first-order valence-corrected chi connectivity index (χ1v) is 4.31. The van der Waals surface area contributed by atoms with Crippen molar-refractivity contribution in [2.24, 2.45) is 5.73 Å². The van der Waals surface area contributed by atoms with E-state index >= 15 is 0 Å². The third-order valence-corrected chi connectivity index (χ3v) is 1.88. The van der Waals surface area contributed by atoms with Crippen LogP contribution >= 0.6 is 15.9 Å². The van der Waals surface area contributed by atoms with Gasteiger partial charge in [0.1, 0.15) is 5.82 Å². The van der Waals surface area contributed by atoms with Crippen molar-refractivity contribution in [3.63, 3.8) is 0 Å². The summed E-state index contributed by atoms with van der Waals surface area (Å²) in [4.78, 5) is 10.4. The maximum absolute atomic E-state index is 13.1. The average Bonchev–Trinajstić information content (AvgIpc) is 2.02. The molecule has 2 nitrogen and oxygen atoms in total. The molecule has 0 aliphatic heterocycles. The van der Waals surface area contributed by atoms with Crippen molar-refractivity contribution in [1.29, 1.82) is 0 Å². The Bertz CT molecular complexity index is 363. The van der Waals surface area contributed by atoms with Gasteiger partial charge in [-0.2, -0.15) is 0 Å². The molecule has 1 aromatic carbocycles. The smallest absolute Gasteiger partial charge is 0.241 e. The first kappa shape index (κ1) is 9.92. The van der Waals surface area contributed by atoms with Gasteiger partial charge in [-0.3, -0.25) is 4.79 Å². The lowest BCUT2D eigenvalue weighted by Gasteiger charge is -1.96. The maximum Gasteiger partial charge on any atom is 0.241 e. The summed E-state index contributed by atoms with van der Waals surface area (Å²) in [6.07, 6.45) is 2.45. The predicted octanol–water partition coefficient (Wildman–Crippen LogP) is 2.09. The fourth-order valence-corrected chi connectivity index (χ4v) is 1.14. The number of rotatable bonds is 2. The zero-order valence-electron chi connectivity index (χ0n) is 6.63. The summed E-state index contributed by atoms with van der Waals surface area (Å²) >= 11 is 3.12. The summed E-state index contributed by atoms with van der Waals surface area (Å²) in [5.41, 5.74) is 5.20. The summed E-state index contributed by atoms with van der Waals surface area (Å²) in [6.45, 7) is 0. The number of carbonyl (C=O) groups excluding carboxylic acids is 1. The predicted molar refractivity (Wildman–Crippen MR) is 52.3 cm³/mol. The van der Waals surface area contributed by atoms with Crippen LogP contribution in [0, 0.1) is 5.82 Å². The van der Waals surface area contributed by atoms with E-state index in [1.54, 1.807) is 12.1 Å². The fourth-order valence-electron chi connectivity index (χ4n) is 0.809. The molecule has 0 radical (unpaired) electrons. The summed E-state index contributed by atoms with van der Waals surface area (Å²) in [6, 6.07) is 4.56. The molecule has 0 saturated heterocycles. The van der Waals surface area contributed by atoms with Crippen molar-refractivity contribution < 1.29 is 9.18 Å². The van der Waals surface area contributed by atoms with Gasteiger partial charge in [-0.05, 0) is 18.2 Å². The Labute approximate surface area is 83.4 Å². The molecule has 0 aliphatic carbocycles. The number of primary amides is 1. The van der Waals surface area contributed by atoms with Crippen LogP contribution in [-0.4, -0.2) is 5.91 Å². The van der Waals surface area contributed by atoms with Gasteiger partial charge < -0.3 is 5.73 Å². The average molecular weight is 244 g/mol. The van der Waals surface area contributed by atoms with Crippen LogP contribution in [0.15, 0.2) is 28.7 Å². The van der Waals surface area contributed by atoms with Crippen LogP contribution in [0.25, 0.3) is 6.08 Å². The first-order valence-electron chi connectivity index (χ1n) is 3.52. The molecule has 0 aliphatic rings. The van der Waals surface area contributed by atoms with Crippen molar-refractivity contribution in [2.45, 2.75) is 0 Å². The number of nitrogens with two attached hydrogens (primary N) is 1. The van der Waals surface area contributed by atoms with Crippen molar-refractivity contribution >= 4 is 27.9 Å². The van der Waals surface area contributed by atoms with Crippen molar-refractivity contribution in [3.05, 3.63) is 40.1 Å². The van der Waals surface area contributed by atoms with E-state index in [9.17, 15) is 9.18 Å². The van der Waals surface area contributed by atoms with E-state index in [0.717, 1.165) is 6.08 Å². The Morgan fingerprint density at radius 1 is 1.54 bits per heavy atom. The van der Waals surface area contributed by atoms with Crippen LogP contribution in [0.2, 0.25) is 0 Å². The minimum absolute atomic E-state index is 0.335. The van der Waals surface area contributed by atoms with E-state index < -0.39 is 11.7 Å². The van der Waals surface area contributed by atoms with Gasteiger partial charge in [0.15, 0.2) is 0 Å². The molecular formula is C9H7BrFNO. The topological polar surface area (TPSA) is 43.1 Å². The molecule has 0 spiro atoms. The van der Waals surface area contributed by atoms with E-state index in [2.05, 4.69) is 15.9 Å². The number of hydrogen-bond acceptors (Lipinski definition) is 1. The first-order chi connectivity index (χ1) is 6.09. The van der Waals surface area contributed by atoms with Gasteiger partial charge in [-0.1, -0.05) is 22.0 Å². The van der Waals surface area contributed by atoms with Crippen LogP contribution in [-0.2, 0) is 4.79 Å². The van der Waals surface area contributed by atoms with Gasteiger partial charge in [-0.25, -0.2) is 4.39 Å². The fraction of sp³-hybridized carbons (Fsp3) is 0. The second-order valence-corrected chi connectivity index (χ2v) is 3.32. The molecule has 13 heavy (non-hydrogen) atoms. The summed E-state index contributed by atoms with van der Waals surface area (Å²) in [7, 11) is 0. The van der Waals surface area contributed by atoms with Crippen LogP contribution in [0.1, 0.15) is 5.56 Å². The molecule has 1 amide bonds. The lowest BCUT2D eigenvalue weighted by Crippen LogP contribution is -2.05. The Balaban J connectivity index is 2.96. The van der Waals surface area contributed by atoms with Gasteiger partial charge in [0.05, 0.1) is 0 Å². The standard InChI is InChI=1S/C9H7BrFNO/c10-7-3-1-6(8(11)5-7)2-4-9(12)13/h1-5H,(H2,12,13)/b4-2+. The van der Waals surface area contributed by atoms with Crippen LogP contribution in [0.3, 0.4) is 0 Å². The lowest BCUT2D eigenvalue weighted by atomic mass is 10.2. The highest BCUT2D eigenvalue weighted by Crippen LogP contribution is 2.16. The zero-order valence-corrected chi connectivity index (χ0v) is 8.21. The van der Waals surface area contributed by atoms with E-state index in [0.29, 0.717) is 10.0 Å². The third-order valence-electron chi connectivity index (χ3n) is 1.39. The van der Waals surface area contributed by atoms with Crippen LogP contribution < -0.4 is 5.73 Å². The van der Waals surface area contributed by atoms with Crippen molar-refractivity contribution in [1.82, 2.24) is 0 Å². The monoisotopic (exact) mass is 243 g/mol. The molecule has 2 N–H and O–H groups in total. The number of hydrogen-bond donors (Lipinski definition) is 1. The molecule has 0 heterocycles. The maximum atomic E-state index is 13.1. The second kappa shape index (κ2) is 4.18. The molecule has 0 saturated carbocycles. The minimum atomic E-state index is -0.595. The Morgan fingerprint density at radius 3 is 2.77 bits per heavy atom. The van der Waals surface area contributed by atoms with Crippen molar-refractivity contribution in [2.75, 3.05) is 0 Å². The van der Waals surface area contributed by atoms with Crippen molar-refractivity contribution in [3.8, 4) is 0 Å². The Hall–Kier alpha value is -1.16. The van der Waals surface area contributed by atoms with E-state index in [-0.39, 0.29) is 0 Å². The molecular weight excluding hydrogens is 237 g/mol. The molecule has 0 bridgehead atoms. The van der Waals surface area contributed by atoms with E-state index in [1.807, 2.05) is 0 Å².